The largest absolute Gasteiger partial charge is 0.444 e. The summed E-state index contributed by atoms with van der Waals surface area (Å²) in [7, 11) is 1.82. The molecule has 12 heteroatoms. The number of hydrogen-bond donors (Lipinski definition) is 0. The summed E-state index contributed by atoms with van der Waals surface area (Å²) in [5.74, 6) is 0.336. The Morgan fingerprint density at radius 3 is 2.59 bits per heavy atom. The van der Waals surface area contributed by atoms with Gasteiger partial charge in [-0.25, -0.2) is 14.5 Å². The number of pyridine rings is 1. The van der Waals surface area contributed by atoms with Gasteiger partial charge in [-0.1, -0.05) is 47.7 Å². The first-order valence-corrected chi connectivity index (χ1v) is 17.6. The fraction of sp³-hybridized carbons (Fsp3) is 0.385. The van der Waals surface area contributed by atoms with Crippen molar-refractivity contribution in [2.75, 3.05) is 24.6 Å². The molecule has 7 rings (SSSR count). The highest BCUT2D eigenvalue weighted by molar-refractivity contribution is 6.12. The van der Waals surface area contributed by atoms with Crippen molar-refractivity contribution in [3.05, 3.63) is 90.0 Å². The third kappa shape index (κ3) is 7.70. The molecule has 0 spiro atoms. The number of likely N-dealkylation sites (tertiary alicyclic amines) is 1. The molecule has 0 aliphatic carbocycles. The van der Waals surface area contributed by atoms with E-state index in [0.717, 1.165) is 59.0 Å². The van der Waals surface area contributed by atoms with Crippen molar-refractivity contribution >= 4 is 40.7 Å². The van der Waals surface area contributed by atoms with Gasteiger partial charge in [0.25, 0.3) is 5.91 Å². The molecule has 2 aliphatic heterocycles. The summed E-state index contributed by atoms with van der Waals surface area (Å²) in [6, 6.07) is 15.1. The summed E-state index contributed by atoms with van der Waals surface area (Å²) < 4.78 is 15.2. The Labute approximate surface area is 297 Å². The highest BCUT2D eigenvalue weighted by atomic mass is 16.6. The monoisotopic (exact) mass is 688 g/mol. The summed E-state index contributed by atoms with van der Waals surface area (Å²) in [6.07, 6.45) is 15.6. The Hall–Kier alpha value is -5.36. The number of fused-ring (bicyclic) bond motifs is 1. The average Bonchev–Trinajstić information content (AvgIpc) is 3.80. The molecule has 2 fully saturated rings. The number of piperidine rings is 1. The zero-order chi connectivity index (χ0) is 35.5. The van der Waals surface area contributed by atoms with Crippen molar-refractivity contribution in [2.24, 2.45) is 7.05 Å². The van der Waals surface area contributed by atoms with Gasteiger partial charge in [-0.3, -0.25) is 14.4 Å². The lowest BCUT2D eigenvalue weighted by atomic mass is 9.99. The smallest absolute Gasteiger partial charge is 0.410 e. The number of carbonyl (C=O) groups excluding carboxylic acids is 2. The Bertz CT molecular complexity index is 2030. The number of hydrogen-bond acceptors (Lipinski definition) is 8. The minimum atomic E-state index is -0.636. The zero-order valence-corrected chi connectivity index (χ0v) is 29.6. The molecular weight excluding hydrogens is 644 g/mol. The molecule has 12 nitrogen and oxygen atoms in total. The molecule has 2 atom stereocenters. The fourth-order valence-electron chi connectivity index (χ4n) is 6.77. The first kappa shape index (κ1) is 34.1. The third-order valence-electron chi connectivity index (χ3n) is 9.22. The highest BCUT2D eigenvalue weighted by Crippen LogP contribution is 2.34. The number of anilines is 1. The van der Waals surface area contributed by atoms with Crippen LogP contribution < -0.4 is 4.90 Å². The van der Waals surface area contributed by atoms with Crippen LogP contribution in [0.4, 0.5) is 10.6 Å². The van der Waals surface area contributed by atoms with Crippen molar-refractivity contribution in [2.45, 2.75) is 70.7 Å². The Balaban J connectivity index is 1.26. The van der Waals surface area contributed by atoms with Crippen LogP contribution >= 0.6 is 0 Å². The topological polar surface area (TPSA) is 121 Å². The van der Waals surface area contributed by atoms with Crippen LogP contribution in [0.1, 0.15) is 80.6 Å². The Morgan fingerprint density at radius 2 is 1.84 bits per heavy atom. The van der Waals surface area contributed by atoms with Gasteiger partial charge < -0.3 is 14.4 Å². The van der Waals surface area contributed by atoms with Crippen LogP contribution in [0.15, 0.2) is 73.3 Å². The van der Waals surface area contributed by atoms with E-state index in [2.05, 4.69) is 15.4 Å². The molecule has 2 aliphatic rings. The maximum atomic E-state index is 14.8. The molecule has 0 N–H and O–H groups in total. The van der Waals surface area contributed by atoms with Gasteiger partial charge in [0.05, 0.1) is 18.4 Å². The van der Waals surface area contributed by atoms with Gasteiger partial charge in [0.2, 0.25) is 0 Å². The SMILES string of the molecule is Cn1cc(-c2ccc(C(=O)N(c3nccc4cccc(/C=C/c5cnn(C6CCCCO6)c5)c34)[C@@H]3CCCN(C(=O)OC(C)(C)C)C3)cc2)nn1. The van der Waals surface area contributed by atoms with E-state index in [1.807, 2.05) is 112 Å². The van der Waals surface area contributed by atoms with Crippen molar-refractivity contribution in [1.29, 1.82) is 0 Å². The van der Waals surface area contributed by atoms with Crippen molar-refractivity contribution in [3.63, 3.8) is 0 Å². The van der Waals surface area contributed by atoms with E-state index in [1.54, 1.807) is 20.7 Å². The van der Waals surface area contributed by atoms with E-state index >= 15 is 0 Å². The van der Waals surface area contributed by atoms with Crippen LogP contribution in [0.5, 0.6) is 0 Å². The van der Waals surface area contributed by atoms with Crippen LogP contribution in [0.3, 0.4) is 0 Å². The van der Waals surface area contributed by atoms with E-state index < -0.39 is 5.60 Å². The van der Waals surface area contributed by atoms with Crippen LogP contribution in [0, 0.1) is 0 Å². The second-order valence-corrected chi connectivity index (χ2v) is 14.2. The number of amides is 2. The number of ether oxygens (including phenoxy) is 2. The van der Waals surface area contributed by atoms with Crippen molar-refractivity contribution < 1.29 is 19.1 Å². The van der Waals surface area contributed by atoms with Gasteiger partial charge in [-0.2, -0.15) is 5.10 Å². The molecule has 0 bridgehead atoms. The first-order chi connectivity index (χ1) is 24.6. The Morgan fingerprint density at radius 1 is 1.00 bits per heavy atom. The predicted molar refractivity (Wildman–Crippen MR) is 196 cm³/mol. The summed E-state index contributed by atoms with van der Waals surface area (Å²) in [5.41, 5.74) is 3.30. The summed E-state index contributed by atoms with van der Waals surface area (Å²) >= 11 is 0. The molecule has 3 aromatic heterocycles. The summed E-state index contributed by atoms with van der Waals surface area (Å²) in [6.45, 7) is 7.19. The number of nitrogens with zero attached hydrogens (tertiary/aromatic N) is 8. The molecule has 51 heavy (non-hydrogen) atoms. The van der Waals surface area contributed by atoms with Gasteiger partial charge >= 0.3 is 6.09 Å². The maximum Gasteiger partial charge on any atom is 0.410 e. The van der Waals surface area contributed by atoms with Crippen molar-refractivity contribution in [1.82, 2.24) is 34.7 Å². The Kier molecular flexibility index (Phi) is 9.68. The average molecular weight is 689 g/mol. The molecule has 1 unspecified atom stereocenters. The molecule has 2 amide bonds. The zero-order valence-electron chi connectivity index (χ0n) is 29.6. The predicted octanol–water partition coefficient (Wildman–Crippen LogP) is 7.14. The number of aryl methyl sites for hydroxylation is 1. The molecule has 5 heterocycles. The molecule has 0 saturated carbocycles. The lowest BCUT2D eigenvalue weighted by molar-refractivity contribution is -0.0394. The summed E-state index contributed by atoms with van der Waals surface area (Å²) in [5, 5.41) is 14.6. The first-order valence-electron chi connectivity index (χ1n) is 17.6. The van der Waals surface area contributed by atoms with E-state index in [1.165, 1.54) is 0 Å². The molecule has 5 aromatic rings. The standard InChI is InChI=1S/C39H44N8O4/c1-39(2,3)51-38(49)45-21-8-11-32(25-45)47(37(48)31-17-15-28(16-18-31)33-26-44(4)43-42-33)36-35-29(9-7-10-30(35)19-20-40-36)14-13-27-23-41-46(24-27)34-12-5-6-22-50-34/h7,9-10,13-20,23-24,26,32,34H,5-6,8,11-12,21-22,25H2,1-4H3/b14-13+/t32-,34?/m1/s1. The van der Waals surface area contributed by atoms with Gasteiger partial charge in [-0.05, 0) is 82.0 Å². The molecule has 264 valence electrons. The van der Waals surface area contributed by atoms with E-state index in [0.29, 0.717) is 37.3 Å². The molecule has 0 radical (unpaired) electrons. The molecule has 2 saturated heterocycles. The van der Waals surface area contributed by atoms with E-state index in [-0.39, 0.29) is 24.3 Å². The lowest BCUT2D eigenvalue weighted by Gasteiger charge is -2.39. The van der Waals surface area contributed by atoms with Gasteiger partial charge in [0, 0.05) is 61.2 Å². The second-order valence-electron chi connectivity index (χ2n) is 14.2. The van der Waals surface area contributed by atoms with Crippen molar-refractivity contribution in [3.8, 4) is 11.3 Å². The number of aromatic nitrogens is 6. The molecular formula is C39H44N8O4. The van der Waals surface area contributed by atoms with E-state index in [9.17, 15) is 9.59 Å². The van der Waals surface area contributed by atoms with Crippen LogP contribution in [0.2, 0.25) is 0 Å². The third-order valence-corrected chi connectivity index (χ3v) is 9.22. The van der Waals surface area contributed by atoms with Gasteiger partial charge in [-0.15, -0.1) is 5.10 Å². The summed E-state index contributed by atoms with van der Waals surface area (Å²) in [4.78, 5) is 36.4. The quantitative estimate of drug-likeness (QED) is 0.177. The second kappa shape index (κ2) is 14.5. The normalized spacial score (nSPS) is 18.3. The number of rotatable bonds is 7. The minimum Gasteiger partial charge on any atom is -0.444 e. The number of benzene rings is 2. The lowest BCUT2D eigenvalue weighted by Crippen LogP contribution is -2.53. The molecule has 2 aromatic carbocycles. The number of carbonyl (C=O) groups is 2. The van der Waals surface area contributed by atoms with Gasteiger partial charge in [0.15, 0.2) is 0 Å². The van der Waals surface area contributed by atoms with Gasteiger partial charge in [0.1, 0.15) is 23.3 Å². The van der Waals surface area contributed by atoms with Crippen LogP contribution in [0.25, 0.3) is 34.2 Å². The minimum absolute atomic E-state index is 0.0424. The van der Waals surface area contributed by atoms with Crippen LogP contribution in [-0.2, 0) is 16.5 Å². The van der Waals surface area contributed by atoms with E-state index in [4.69, 9.17) is 14.5 Å². The maximum absolute atomic E-state index is 14.8. The van der Waals surface area contributed by atoms with Crippen LogP contribution in [-0.4, -0.2) is 78.0 Å². The highest BCUT2D eigenvalue weighted by Gasteiger charge is 2.35. The fourth-order valence-corrected chi connectivity index (χ4v) is 6.77.